The smallest absolute Gasteiger partial charge is 0.870 e. The van der Waals surface area contributed by atoms with Crippen LogP contribution < -0.4 is 75.5 Å². The number of primary amides is 1. The van der Waals surface area contributed by atoms with Crippen molar-refractivity contribution in [3.63, 3.8) is 0 Å². The van der Waals surface area contributed by atoms with Gasteiger partial charge in [0.15, 0.2) is 44.2 Å². The molecule has 12 aromatic rings. The quantitative estimate of drug-likeness (QED) is 0.0176. The molecule has 0 aliphatic carbocycles. The summed E-state index contributed by atoms with van der Waals surface area (Å²) >= 11 is 26.9. The van der Waals surface area contributed by atoms with Gasteiger partial charge in [-0.25, -0.2) is 9.79 Å². The van der Waals surface area contributed by atoms with E-state index in [0.29, 0.717) is 64.7 Å². The van der Waals surface area contributed by atoms with Gasteiger partial charge in [0.1, 0.15) is 65.2 Å². The monoisotopic (exact) mass is 2200 g/mol. The number of nitrogens with one attached hydrogen (secondary N) is 4. The number of carbonyl (C=O) groups is 9. The maximum atomic E-state index is 13.2. The van der Waals surface area contributed by atoms with Gasteiger partial charge in [0, 0.05) is 75.4 Å². The molecule has 7 atom stereocenters. The fraction of sp³-hybridized carbons (Fsp3) is 0.150. The van der Waals surface area contributed by atoms with Crippen molar-refractivity contribution in [1.82, 2.24) is 26.2 Å². The van der Waals surface area contributed by atoms with Gasteiger partial charge in [-0.15, -0.1) is 0 Å². The van der Waals surface area contributed by atoms with Gasteiger partial charge in [0.05, 0.1) is 23.1 Å². The number of likely N-dealkylation sites (N-methyl/N-ethyl adjacent to an activating group) is 1. The Labute approximate surface area is 845 Å². The predicted molar refractivity (Wildman–Crippen MR) is 530 cm³/mol. The number of amides is 6. The minimum Gasteiger partial charge on any atom is -0.870 e. The molecule has 19 rings (SSSR count). The van der Waals surface area contributed by atoms with E-state index in [2.05, 4.69) is 123 Å². The van der Waals surface area contributed by atoms with Crippen LogP contribution in [0, 0.1) is 0 Å². The summed E-state index contributed by atoms with van der Waals surface area (Å²) < 4.78 is 29.5. The predicted octanol–water partition coefficient (Wildman–Crippen LogP) is 19.2. The topological polar surface area (TPSA) is 351 Å². The van der Waals surface area contributed by atoms with Crippen LogP contribution in [0.4, 0.5) is 4.79 Å². The number of hydrogen-bond donors (Lipinski definition) is 7. The maximum absolute atomic E-state index is 13.2. The summed E-state index contributed by atoms with van der Waals surface area (Å²) in [4.78, 5) is 110. The molecule has 3 spiro atoms. The van der Waals surface area contributed by atoms with E-state index in [4.69, 9.17) is 46.1 Å². The molecule has 7 aliphatic heterocycles. The summed E-state index contributed by atoms with van der Waals surface area (Å²) in [6, 6.07) is 89.7. The number of ketones is 3. The largest absolute Gasteiger partial charge is 1.00 e. The summed E-state index contributed by atoms with van der Waals surface area (Å²) in [6.45, 7) is 1.42. The Morgan fingerprint density at radius 3 is 1.26 bits per heavy atom. The molecule has 2 fully saturated rings. The summed E-state index contributed by atoms with van der Waals surface area (Å²) in [5.74, 6) is 2.00. The Hall–Kier alpha value is -11.0. The van der Waals surface area contributed by atoms with Crippen LogP contribution in [0.2, 0.25) is 0 Å². The van der Waals surface area contributed by atoms with Crippen LogP contribution in [-0.4, -0.2) is 98.0 Å². The second kappa shape index (κ2) is 48.6. The third-order valence-corrected chi connectivity index (χ3v) is 24.9. The second-order valence-corrected chi connectivity index (χ2v) is 36.1. The van der Waals surface area contributed by atoms with Gasteiger partial charge in [-0.3, -0.25) is 48.6 Å². The Bertz CT molecular complexity index is 6100. The van der Waals surface area contributed by atoms with Gasteiger partial charge in [0.2, 0.25) is 6.41 Å². The standard InChI is InChI=1S/C19H17BrN2O2S.C17H13BrN2O3.C17H13BrN2O2S.2C15H11BrO2.C8H7BrO2.C7H6O.CH3NO.CH4.Na.H2O/c1-22-17(23)19(21-18(22)25-2)11-16(12-6-4-3-5-7-12)24-15-9-8-13(20)10-14(15)19;18-11-6-7-13-12(8-11)17(15(21)19-16(22)20-17)9-14(23-13)10-4-2-1-3-5-10;18-11-6-7-13-12(8-11)17(15(21)19-16(23)20-17)9-14(22-13)10-4-2-1-3-5-10;16-11-6-7-14-12(8-11)13(17)9-15(18-14)10-4-2-1-3-5-10;16-12-7-9-15(18)13(10-12)14(17)8-6-11-4-2-1-3-5-11;1-5(10)7-4-6(9)2-3-8(7)11;8-6-7-4-2-1-3-5-7;2-1-3;;;/h3-10,16H,11H2,1-2H3;1-8,14H,9H2,(H2,19,20,21,22);1-8,14H,9H2,(H2,19,20,21,23);1-8,15H,9H2;1-10,18H;2-4,11H,1H3;1-6H;1H,(H2,2,3);1H4;;1H2/q;;;;;;;;;+1;/p-1/b;;;;8-6+;;;;;;. The zero-order valence-electron chi connectivity index (χ0n) is 70.4. The number of ether oxygens (including phenoxy) is 4. The van der Waals surface area contributed by atoms with Gasteiger partial charge < -0.3 is 56.3 Å². The molecule has 6 amide bonds. The van der Waals surface area contributed by atoms with Crippen LogP contribution in [-0.2, 0) is 35.8 Å². The molecule has 12 aromatic carbocycles. The molecule has 23 nitrogen and oxygen atoms in total. The molecule has 0 radical (unpaired) electrons. The molecule has 7 aliphatic rings. The average molecular weight is 2210 g/mol. The Morgan fingerprint density at radius 1 is 0.492 bits per heavy atom. The van der Waals surface area contributed by atoms with Crippen molar-refractivity contribution < 1.29 is 107 Å². The van der Waals surface area contributed by atoms with Crippen LogP contribution in [0.15, 0.2) is 329 Å². The molecule has 672 valence electrons. The molecule has 9 N–H and O–H groups in total. The summed E-state index contributed by atoms with van der Waals surface area (Å²) in [5, 5.41) is 30.9. The van der Waals surface area contributed by atoms with Gasteiger partial charge in [-0.2, -0.15) is 0 Å². The molecule has 32 heteroatoms. The number of nitrogens with zero attached hydrogens (tertiary/aromatic N) is 2. The number of halogens is 6. The number of Topliss-reactive ketones (excluding diaryl/α,β-unsaturated/α-hetero) is 2. The van der Waals surface area contributed by atoms with Crippen LogP contribution in [0.3, 0.4) is 0 Å². The van der Waals surface area contributed by atoms with Gasteiger partial charge in [-0.05, 0) is 168 Å². The summed E-state index contributed by atoms with van der Waals surface area (Å²) in [6.07, 6.45) is 7.01. The minimum atomic E-state index is -1.10. The Morgan fingerprint density at radius 2 is 0.856 bits per heavy atom. The Kier molecular flexibility index (Phi) is 38.5. The molecular formula is C100H86Br6N7NaO16S2. The third-order valence-electron chi connectivity index (χ3n) is 21.1. The first-order chi connectivity index (χ1) is 62.1. The molecule has 7 heterocycles. The number of thioether (sulfide) groups is 1. The van der Waals surface area contributed by atoms with E-state index < -0.39 is 22.6 Å². The number of benzene rings is 12. The average Bonchev–Trinajstić information content (AvgIpc) is 1.55. The Balaban J connectivity index is 0.000000175. The normalized spacial score (nSPS) is 18.9. The first-order valence-corrected chi connectivity index (χ1v) is 46.2. The van der Waals surface area contributed by atoms with E-state index in [1.165, 1.54) is 36.9 Å². The van der Waals surface area contributed by atoms with Crippen LogP contribution in [0.5, 0.6) is 34.5 Å². The van der Waals surface area contributed by atoms with Crippen molar-refractivity contribution in [3.8, 4) is 34.5 Å². The van der Waals surface area contributed by atoms with Crippen molar-refractivity contribution in [3.05, 3.63) is 391 Å². The molecule has 0 aromatic heterocycles. The number of rotatable bonds is 9. The van der Waals surface area contributed by atoms with E-state index >= 15 is 0 Å². The van der Waals surface area contributed by atoms with Crippen LogP contribution in [0.25, 0.3) is 6.08 Å². The number of amidine groups is 1. The van der Waals surface area contributed by atoms with Gasteiger partial charge >= 0.3 is 35.6 Å². The van der Waals surface area contributed by atoms with Gasteiger partial charge in [-0.1, -0.05) is 303 Å². The summed E-state index contributed by atoms with van der Waals surface area (Å²) in [5.41, 5.74) is 10.6. The van der Waals surface area contributed by atoms with Crippen molar-refractivity contribution in [1.29, 1.82) is 0 Å². The van der Waals surface area contributed by atoms with E-state index in [9.17, 15) is 43.5 Å². The van der Waals surface area contributed by atoms with Gasteiger partial charge in [0.25, 0.3) is 17.7 Å². The summed E-state index contributed by atoms with van der Waals surface area (Å²) in [7, 11) is 1.79. The first kappa shape index (κ1) is 105. The van der Waals surface area contributed by atoms with Crippen LogP contribution >= 0.6 is 120 Å². The number of imide groups is 1. The minimum absolute atomic E-state index is 0. The fourth-order valence-electron chi connectivity index (χ4n) is 14.9. The van der Waals surface area contributed by atoms with E-state index in [1.54, 1.807) is 54.4 Å². The van der Waals surface area contributed by atoms with E-state index in [-0.39, 0.29) is 125 Å². The molecule has 132 heavy (non-hydrogen) atoms. The number of urea groups is 1. The number of phenolic OH excluding ortho intramolecular Hbond substituents is 2. The zero-order chi connectivity index (χ0) is 92.1. The number of thiocarbonyl (C=S) groups is 1. The van der Waals surface area contributed by atoms with E-state index in [1.807, 2.05) is 249 Å². The number of hydrogen-bond acceptors (Lipinski definition) is 19. The number of fused-ring (bicyclic) bond motifs is 7. The zero-order valence-corrected chi connectivity index (χ0v) is 83.5. The van der Waals surface area contributed by atoms with Crippen molar-refractivity contribution in [2.75, 3.05) is 13.3 Å². The van der Waals surface area contributed by atoms with Crippen molar-refractivity contribution >= 4 is 190 Å². The number of allylic oxidation sites excluding steroid dienone is 1. The molecule has 0 saturated carbocycles. The third kappa shape index (κ3) is 25.7. The van der Waals surface area contributed by atoms with E-state index in [0.717, 1.165) is 88.5 Å². The molecule has 2 saturated heterocycles. The molecule has 0 bridgehead atoms. The molecular weight excluding hydrogens is 2120 g/mol. The number of carbonyl (C=O) groups excluding carboxylic acids is 9. The first-order valence-electron chi connectivity index (χ1n) is 39.8. The number of aromatic hydroxyl groups is 2. The van der Waals surface area contributed by atoms with Crippen molar-refractivity contribution in [2.45, 2.75) is 81.1 Å². The SMILES string of the molecule is C.CC(=O)c1cc(Br)ccc1O.CSC1=NC2(CC(c3ccccc3)Oc3ccc(Br)cc32)C(=O)N1C.NC=O.O=C(/C=C/c1ccccc1)c1cc(Br)ccc1O.O=C1CC(c2ccccc2)Oc2ccc(Br)cc21.O=C1NC(=O)C2(CC(c3ccccc3)Oc3ccc(Br)cc32)N1.O=C1NC(=S)NC12CC(c1ccccc1)Oc1ccc(Br)cc12.O=Cc1ccccc1.[Na+].[OH-]. The molecule has 7 unspecified atom stereocenters. The fourth-order valence-corrected chi connectivity index (χ4v) is 17.9. The van der Waals surface area contributed by atoms with Crippen LogP contribution in [0.1, 0.15) is 150 Å². The maximum Gasteiger partial charge on any atom is 1.00 e. The van der Waals surface area contributed by atoms with Crippen molar-refractivity contribution in [2.24, 2.45) is 10.7 Å². The number of aldehydes is 1. The number of nitrogens with two attached hydrogens (primary N) is 1. The number of aliphatic imine (C=N–C) groups is 1. The second-order valence-electron chi connectivity index (χ2n) is 29.5. The number of phenols is 2.